The van der Waals surface area contributed by atoms with Gasteiger partial charge >= 0.3 is 0 Å². The SMILES string of the molecule is CCn1nc(C)cc1C(=O)N(CC1CCCO1)c1nc2c(C)cccc2s1. The Hall–Kier alpha value is -2.25. The second-order valence-electron chi connectivity index (χ2n) is 6.96. The van der Waals surface area contributed by atoms with Crippen molar-refractivity contribution in [2.75, 3.05) is 18.1 Å². The molecule has 3 heterocycles. The topological polar surface area (TPSA) is 60.2 Å². The Bertz CT molecular complexity index is 972. The predicted molar refractivity (Wildman–Crippen MR) is 108 cm³/mol. The number of anilines is 1. The average Bonchev–Trinajstić information content (AvgIpc) is 3.38. The Kier molecular flexibility index (Phi) is 4.97. The van der Waals surface area contributed by atoms with Crippen LogP contribution in [0.1, 0.15) is 41.5 Å². The summed E-state index contributed by atoms with van der Waals surface area (Å²) >= 11 is 1.55. The van der Waals surface area contributed by atoms with Gasteiger partial charge in [-0.3, -0.25) is 14.4 Å². The Morgan fingerprint density at radius 1 is 1.41 bits per heavy atom. The van der Waals surface area contributed by atoms with E-state index < -0.39 is 0 Å². The van der Waals surface area contributed by atoms with Gasteiger partial charge in [-0.2, -0.15) is 5.10 Å². The molecule has 1 aliphatic heterocycles. The monoisotopic (exact) mass is 384 g/mol. The molecule has 7 heteroatoms. The highest BCUT2D eigenvalue weighted by atomic mass is 32.1. The molecule has 1 atom stereocenters. The number of rotatable bonds is 5. The number of nitrogens with zero attached hydrogens (tertiary/aromatic N) is 4. The summed E-state index contributed by atoms with van der Waals surface area (Å²) in [5.41, 5.74) is 3.53. The largest absolute Gasteiger partial charge is 0.376 e. The lowest BCUT2D eigenvalue weighted by Crippen LogP contribution is -2.38. The van der Waals surface area contributed by atoms with E-state index in [0.717, 1.165) is 46.1 Å². The van der Waals surface area contributed by atoms with Crippen LogP contribution in [0.2, 0.25) is 0 Å². The van der Waals surface area contributed by atoms with E-state index >= 15 is 0 Å². The molecule has 1 amide bonds. The molecule has 1 aliphatic rings. The summed E-state index contributed by atoms with van der Waals surface area (Å²) in [5, 5.41) is 5.16. The summed E-state index contributed by atoms with van der Waals surface area (Å²) in [4.78, 5) is 20.0. The number of ether oxygens (including phenoxy) is 1. The van der Waals surface area contributed by atoms with E-state index in [1.54, 1.807) is 20.9 Å². The minimum Gasteiger partial charge on any atom is -0.376 e. The highest BCUT2D eigenvalue weighted by Crippen LogP contribution is 2.32. The van der Waals surface area contributed by atoms with Crippen molar-refractivity contribution in [1.29, 1.82) is 0 Å². The van der Waals surface area contributed by atoms with Gasteiger partial charge in [0, 0.05) is 13.2 Å². The Balaban J connectivity index is 1.75. The van der Waals surface area contributed by atoms with Crippen LogP contribution >= 0.6 is 11.3 Å². The summed E-state index contributed by atoms with van der Waals surface area (Å²) in [6.45, 7) is 7.89. The third-order valence-corrected chi connectivity index (χ3v) is 5.96. The van der Waals surface area contributed by atoms with E-state index in [-0.39, 0.29) is 12.0 Å². The normalized spacial score (nSPS) is 16.9. The molecule has 0 aliphatic carbocycles. The molecule has 4 rings (SSSR count). The maximum Gasteiger partial charge on any atom is 0.278 e. The number of thiazole rings is 1. The van der Waals surface area contributed by atoms with Gasteiger partial charge in [-0.05, 0) is 51.3 Å². The highest BCUT2D eigenvalue weighted by molar-refractivity contribution is 7.22. The van der Waals surface area contributed by atoms with Crippen molar-refractivity contribution in [3.05, 3.63) is 41.2 Å². The van der Waals surface area contributed by atoms with Gasteiger partial charge in [0.2, 0.25) is 0 Å². The second-order valence-corrected chi connectivity index (χ2v) is 7.96. The lowest BCUT2D eigenvalue weighted by Gasteiger charge is -2.23. The molecular formula is C20H24N4O2S. The molecule has 0 spiro atoms. The van der Waals surface area contributed by atoms with E-state index in [1.807, 2.05) is 39.0 Å². The van der Waals surface area contributed by atoms with Crippen LogP contribution < -0.4 is 4.90 Å². The number of para-hydroxylation sites is 1. The average molecular weight is 385 g/mol. The number of hydrogen-bond acceptors (Lipinski definition) is 5. The highest BCUT2D eigenvalue weighted by Gasteiger charge is 2.29. The molecule has 3 aromatic rings. The fourth-order valence-corrected chi connectivity index (χ4v) is 4.58. The first-order chi connectivity index (χ1) is 13.1. The molecule has 0 N–H and O–H groups in total. The molecule has 1 aromatic carbocycles. The molecule has 6 nitrogen and oxygen atoms in total. The van der Waals surface area contributed by atoms with Crippen LogP contribution in [0.4, 0.5) is 5.13 Å². The number of benzene rings is 1. The van der Waals surface area contributed by atoms with Gasteiger partial charge < -0.3 is 4.74 Å². The number of carbonyl (C=O) groups is 1. The van der Waals surface area contributed by atoms with Gasteiger partial charge in [0.05, 0.1) is 28.6 Å². The number of carbonyl (C=O) groups excluding carboxylic acids is 1. The second kappa shape index (κ2) is 7.40. The number of aryl methyl sites for hydroxylation is 3. The van der Waals surface area contributed by atoms with Crippen LogP contribution in [0, 0.1) is 13.8 Å². The predicted octanol–water partition coefficient (Wildman–Crippen LogP) is 3.96. The van der Waals surface area contributed by atoms with Crippen LogP contribution in [-0.4, -0.2) is 39.9 Å². The fraction of sp³-hybridized carbons (Fsp3) is 0.450. The fourth-order valence-electron chi connectivity index (χ4n) is 3.53. The molecule has 0 saturated carbocycles. The first-order valence-electron chi connectivity index (χ1n) is 9.41. The van der Waals surface area contributed by atoms with Crippen molar-refractivity contribution in [3.8, 4) is 0 Å². The zero-order chi connectivity index (χ0) is 19.0. The van der Waals surface area contributed by atoms with Crippen LogP contribution in [0.3, 0.4) is 0 Å². The molecule has 27 heavy (non-hydrogen) atoms. The molecule has 1 unspecified atom stereocenters. The number of hydrogen-bond donors (Lipinski definition) is 0. The maximum atomic E-state index is 13.5. The van der Waals surface area contributed by atoms with Crippen molar-refractivity contribution in [1.82, 2.24) is 14.8 Å². The Morgan fingerprint density at radius 3 is 2.96 bits per heavy atom. The third kappa shape index (κ3) is 3.49. The van der Waals surface area contributed by atoms with E-state index in [1.165, 1.54) is 0 Å². The van der Waals surface area contributed by atoms with Gasteiger partial charge in [-0.1, -0.05) is 23.5 Å². The van der Waals surface area contributed by atoms with Gasteiger partial charge in [-0.25, -0.2) is 4.98 Å². The Labute approximate surface area is 162 Å². The molecule has 0 bridgehead atoms. The van der Waals surface area contributed by atoms with Crippen molar-refractivity contribution in [2.45, 2.75) is 46.3 Å². The summed E-state index contributed by atoms with van der Waals surface area (Å²) in [6.07, 6.45) is 2.07. The summed E-state index contributed by atoms with van der Waals surface area (Å²) < 4.78 is 8.67. The van der Waals surface area contributed by atoms with E-state index in [0.29, 0.717) is 18.8 Å². The Morgan fingerprint density at radius 2 is 2.26 bits per heavy atom. The number of fused-ring (bicyclic) bond motifs is 1. The lowest BCUT2D eigenvalue weighted by molar-refractivity contribution is 0.0908. The van der Waals surface area contributed by atoms with E-state index in [2.05, 4.69) is 11.2 Å². The third-order valence-electron chi connectivity index (χ3n) is 4.92. The molecule has 0 radical (unpaired) electrons. The van der Waals surface area contributed by atoms with Gasteiger partial charge in [0.15, 0.2) is 5.13 Å². The standard InChI is InChI=1S/C20H24N4O2S/c1-4-24-16(11-14(3)22-24)19(25)23(12-15-8-6-10-26-15)20-21-18-13(2)7-5-9-17(18)27-20/h5,7,9,11,15H,4,6,8,10,12H2,1-3H3. The van der Waals surface area contributed by atoms with Gasteiger partial charge in [0.1, 0.15) is 5.69 Å². The van der Waals surface area contributed by atoms with Gasteiger partial charge in [0.25, 0.3) is 5.91 Å². The minimum absolute atomic E-state index is 0.0566. The molecule has 142 valence electrons. The summed E-state index contributed by atoms with van der Waals surface area (Å²) in [6, 6.07) is 7.99. The van der Waals surface area contributed by atoms with Crippen molar-refractivity contribution < 1.29 is 9.53 Å². The number of amides is 1. The molecular weight excluding hydrogens is 360 g/mol. The summed E-state index contributed by atoms with van der Waals surface area (Å²) in [5.74, 6) is -0.0651. The van der Waals surface area contributed by atoms with Crippen LogP contribution in [0.15, 0.2) is 24.3 Å². The van der Waals surface area contributed by atoms with Crippen molar-refractivity contribution in [3.63, 3.8) is 0 Å². The lowest BCUT2D eigenvalue weighted by atomic mass is 10.2. The van der Waals surface area contributed by atoms with E-state index in [4.69, 9.17) is 9.72 Å². The van der Waals surface area contributed by atoms with Crippen LogP contribution in [0.25, 0.3) is 10.2 Å². The zero-order valence-corrected chi connectivity index (χ0v) is 16.8. The molecule has 2 aromatic heterocycles. The maximum absolute atomic E-state index is 13.5. The van der Waals surface area contributed by atoms with Crippen molar-refractivity contribution >= 4 is 32.6 Å². The summed E-state index contributed by atoms with van der Waals surface area (Å²) in [7, 11) is 0. The molecule has 1 fully saturated rings. The van der Waals surface area contributed by atoms with Crippen molar-refractivity contribution in [2.24, 2.45) is 0 Å². The minimum atomic E-state index is -0.0651. The first kappa shape index (κ1) is 18.1. The smallest absolute Gasteiger partial charge is 0.278 e. The zero-order valence-electron chi connectivity index (χ0n) is 15.9. The quantitative estimate of drug-likeness (QED) is 0.668. The van der Waals surface area contributed by atoms with E-state index in [9.17, 15) is 4.79 Å². The first-order valence-corrected chi connectivity index (χ1v) is 10.2. The van der Waals surface area contributed by atoms with Gasteiger partial charge in [-0.15, -0.1) is 0 Å². The van der Waals surface area contributed by atoms with Crippen LogP contribution in [-0.2, 0) is 11.3 Å². The van der Waals surface area contributed by atoms with Crippen LogP contribution in [0.5, 0.6) is 0 Å². The molecule has 1 saturated heterocycles. The number of aromatic nitrogens is 3.